The highest BCUT2D eigenvalue weighted by Gasteiger charge is 2.29. The van der Waals surface area contributed by atoms with Gasteiger partial charge in [-0.3, -0.25) is 14.8 Å². The molecule has 2 aromatic heterocycles. The number of aryl methyl sites for hydroxylation is 2. The molecule has 1 aliphatic carbocycles. The zero-order valence-electron chi connectivity index (χ0n) is 15.5. The molecule has 1 atom stereocenters. The molecule has 8 heteroatoms. The number of fused-ring (bicyclic) bond motifs is 1. The third-order valence-electron chi connectivity index (χ3n) is 5.58. The molecule has 1 unspecified atom stereocenters. The van der Waals surface area contributed by atoms with Crippen LogP contribution in [0, 0.1) is 6.92 Å². The number of nitrogens with one attached hydrogen (secondary N) is 1. The first-order valence-electron chi connectivity index (χ1n) is 9.46. The topological polar surface area (TPSA) is 91.2 Å². The molecule has 1 amide bonds. The first-order valence-corrected chi connectivity index (χ1v) is 9.46. The van der Waals surface area contributed by atoms with Gasteiger partial charge in [0.25, 0.3) is 5.91 Å². The number of aromatic amines is 1. The van der Waals surface area contributed by atoms with Crippen LogP contribution in [0.15, 0.2) is 4.52 Å². The Morgan fingerprint density at radius 2 is 2.19 bits per heavy atom. The SMILES string of the molecule is Cc1nc(CN(C)C2CCCN(C(=O)c3n[nH]c4c3CCC4)CC2)no1. The van der Waals surface area contributed by atoms with Crippen LogP contribution < -0.4 is 0 Å². The summed E-state index contributed by atoms with van der Waals surface area (Å²) in [6, 6.07) is 0.413. The average molecular weight is 358 g/mol. The quantitative estimate of drug-likeness (QED) is 0.895. The molecule has 0 bridgehead atoms. The number of hydrogen-bond acceptors (Lipinski definition) is 6. The van der Waals surface area contributed by atoms with Crippen LogP contribution >= 0.6 is 0 Å². The molecule has 1 saturated heterocycles. The Morgan fingerprint density at radius 3 is 3.00 bits per heavy atom. The molecule has 0 aromatic carbocycles. The number of likely N-dealkylation sites (tertiary alicyclic amines) is 1. The molecule has 8 nitrogen and oxygen atoms in total. The van der Waals surface area contributed by atoms with E-state index >= 15 is 0 Å². The van der Waals surface area contributed by atoms with E-state index in [4.69, 9.17) is 4.52 Å². The second-order valence-electron chi connectivity index (χ2n) is 7.40. The van der Waals surface area contributed by atoms with Crippen LogP contribution in [-0.2, 0) is 19.4 Å². The van der Waals surface area contributed by atoms with Gasteiger partial charge in [0.1, 0.15) is 0 Å². The molecule has 140 valence electrons. The summed E-state index contributed by atoms with van der Waals surface area (Å²) >= 11 is 0. The van der Waals surface area contributed by atoms with Crippen LogP contribution in [0.5, 0.6) is 0 Å². The number of H-pyrrole nitrogens is 1. The summed E-state index contributed by atoms with van der Waals surface area (Å²) in [5, 5.41) is 11.3. The van der Waals surface area contributed by atoms with Gasteiger partial charge in [-0.05, 0) is 45.6 Å². The van der Waals surface area contributed by atoms with Crippen molar-refractivity contribution in [3.05, 3.63) is 28.7 Å². The fraction of sp³-hybridized carbons (Fsp3) is 0.667. The van der Waals surface area contributed by atoms with E-state index in [9.17, 15) is 4.79 Å². The van der Waals surface area contributed by atoms with E-state index in [1.807, 2.05) is 4.90 Å². The van der Waals surface area contributed by atoms with E-state index in [0.717, 1.165) is 62.9 Å². The van der Waals surface area contributed by atoms with Crippen molar-refractivity contribution in [2.75, 3.05) is 20.1 Å². The standard InChI is InChI=1S/C18H26N6O2/c1-12-19-16(22-26-12)11-23(2)13-5-4-9-24(10-8-13)18(25)17-14-6-3-7-15(14)20-21-17/h13H,3-11H2,1-2H3,(H,20,21). The van der Waals surface area contributed by atoms with Gasteiger partial charge in [0.05, 0.1) is 6.54 Å². The highest BCUT2D eigenvalue weighted by Crippen LogP contribution is 2.25. The summed E-state index contributed by atoms with van der Waals surface area (Å²) in [5.41, 5.74) is 2.93. The highest BCUT2D eigenvalue weighted by atomic mass is 16.5. The Kier molecular flexibility index (Phi) is 4.76. The molecule has 3 heterocycles. The van der Waals surface area contributed by atoms with Gasteiger partial charge in [0.15, 0.2) is 11.5 Å². The first kappa shape index (κ1) is 17.2. The molecule has 4 rings (SSSR count). The van der Waals surface area contributed by atoms with Crippen molar-refractivity contribution in [3.8, 4) is 0 Å². The van der Waals surface area contributed by atoms with Gasteiger partial charge < -0.3 is 9.42 Å². The monoisotopic (exact) mass is 358 g/mol. The summed E-state index contributed by atoms with van der Waals surface area (Å²) in [6.07, 6.45) is 6.11. The fourth-order valence-electron chi connectivity index (χ4n) is 4.13. The van der Waals surface area contributed by atoms with Crippen LogP contribution in [0.2, 0.25) is 0 Å². The van der Waals surface area contributed by atoms with E-state index in [1.54, 1.807) is 6.92 Å². The van der Waals surface area contributed by atoms with Crippen LogP contribution in [0.1, 0.15) is 59.1 Å². The highest BCUT2D eigenvalue weighted by molar-refractivity contribution is 5.94. The molecule has 0 saturated carbocycles. The summed E-state index contributed by atoms with van der Waals surface area (Å²) in [5.74, 6) is 1.40. The second kappa shape index (κ2) is 7.19. The summed E-state index contributed by atoms with van der Waals surface area (Å²) in [7, 11) is 2.09. The molecule has 0 radical (unpaired) electrons. The van der Waals surface area contributed by atoms with E-state index in [1.165, 1.54) is 0 Å². The lowest BCUT2D eigenvalue weighted by atomic mass is 10.1. The zero-order chi connectivity index (χ0) is 18.1. The molecule has 2 aromatic rings. The van der Waals surface area contributed by atoms with E-state index in [-0.39, 0.29) is 5.91 Å². The molecular weight excluding hydrogens is 332 g/mol. The largest absolute Gasteiger partial charge is 0.340 e. The van der Waals surface area contributed by atoms with Gasteiger partial charge in [-0.1, -0.05) is 5.16 Å². The third kappa shape index (κ3) is 3.38. The lowest BCUT2D eigenvalue weighted by molar-refractivity contribution is 0.0750. The average Bonchev–Trinajstić information content (AvgIpc) is 3.27. The van der Waals surface area contributed by atoms with Gasteiger partial charge in [-0.25, -0.2) is 0 Å². The lowest BCUT2D eigenvalue weighted by Gasteiger charge is -2.26. The Hall–Kier alpha value is -2.22. The van der Waals surface area contributed by atoms with E-state index in [0.29, 0.717) is 30.0 Å². The summed E-state index contributed by atoms with van der Waals surface area (Å²) < 4.78 is 5.05. The van der Waals surface area contributed by atoms with Crippen molar-refractivity contribution in [1.82, 2.24) is 30.1 Å². The maximum Gasteiger partial charge on any atom is 0.274 e. The van der Waals surface area contributed by atoms with Gasteiger partial charge in [0, 0.05) is 37.3 Å². The normalized spacial score (nSPS) is 20.4. The number of amides is 1. The van der Waals surface area contributed by atoms with Crippen molar-refractivity contribution in [3.63, 3.8) is 0 Å². The summed E-state index contributed by atoms with van der Waals surface area (Å²) in [4.78, 5) is 21.5. The van der Waals surface area contributed by atoms with Gasteiger partial charge in [0.2, 0.25) is 5.89 Å². The van der Waals surface area contributed by atoms with Crippen LogP contribution in [0.3, 0.4) is 0 Å². The number of carbonyl (C=O) groups is 1. The van der Waals surface area contributed by atoms with E-state index in [2.05, 4.69) is 32.3 Å². The van der Waals surface area contributed by atoms with Crippen molar-refractivity contribution in [1.29, 1.82) is 0 Å². The number of hydrogen-bond donors (Lipinski definition) is 1. The van der Waals surface area contributed by atoms with Crippen molar-refractivity contribution in [2.24, 2.45) is 0 Å². The minimum absolute atomic E-state index is 0.0847. The zero-order valence-corrected chi connectivity index (χ0v) is 15.5. The molecule has 1 aliphatic heterocycles. The van der Waals surface area contributed by atoms with E-state index < -0.39 is 0 Å². The molecular formula is C18H26N6O2. The Bertz CT molecular complexity index is 782. The van der Waals surface area contributed by atoms with Crippen molar-refractivity contribution >= 4 is 5.91 Å². The minimum atomic E-state index is 0.0847. The third-order valence-corrected chi connectivity index (χ3v) is 5.58. The maximum absolute atomic E-state index is 12.9. The van der Waals surface area contributed by atoms with Gasteiger partial charge in [-0.2, -0.15) is 10.1 Å². The molecule has 1 fully saturated rings. The van der Waals surface area contributed by atoms with Crippen molar-refractivity contribution in [2.45, 2.75) is 58.0 Å². The number of nitrogens with zero attached hydrogens (tertiary/aromatic N) is 5. The van der Waals surface area contributed by atoms with Gasteiger partial charge >= 0.3 is 0 Å². The second-order valence-corrected chi connectivity index (χ2v) is 7.40. The molecule has 2 aliphatic rings. The molecule has 1 N–H and O–H groups in total. The number of aromatic nitrogens is 4. The number of carbonyl (C=O) groups excluding carboxylic acids is 1. The lowest BCUT2D eigenvalue weighted by Crippen LogP contribution is -2.35. The van der Waals surface area contributed by atoms with Crippen LogP contribution in [0.4, 0.5) is 0 Å². The van der Waals surface area contributed by atoms with Crippen LogP contribution in [-0.4, -0.2) is 62.2 Å². The van der Waals surface area contributed by atoms with Crippen LogP contribution in [0.25, 0.3) is 0 Å². The minimum Gasteiger partial charge on any atom is -0.340 e. The predicted octanol–water partition coefficient (Wildman–Crippen LogP) is 1.72. The van der Waals surface area contributed by atoms with Crippen molar-refractivity contribution < 1.29 is 9.32 Å². The predicted molar refractivity (Wildman–Crippen MR) is 94.7 cm³/mol. The number of rotatable bonds is 4. The fourth-order valence-corrected chi connectivity index (χ4v) is 4.13. The molecule has 26 heavy (non-hydrogen) atoms. The first-order chi connectivity index (χ1) is 12.6. The maximum atomic E-state index is 12.9. The smallest absolute Gasteiger partial charge is 0.274 e. The van der Waals surface area contributed by atoms with Gasteiger partial charge in [-0.15, -0.1) is 0 Å². The Morgan fingerprint density at radius 1 is 1.31 bits per heavy atom. The molecule has 0 spiro atoms. The Labute approximate surface area is 152 Å². The summed E-state index contributed by atoms with van der Waals surface area (Å²) in [6.45, 7) is 4.03. The Balaban J connectivity index is 1.37.